The maximum Gasteiger partial charge on any atom is 0.336 e. The summed E-state index contributed by atoms with van der Waals surface area (Å²) in [5, 5.41) is 1.07. The molecule has 2 aromatic heterocycles. The monoisotopic (exact) mass is 417 g/mol. The SMILES string of the molecule is COC[C@@H](C)n1c(C)cc(C(=O)COc2cc3oc(=O)cc(C)c3cc2Cl)c1C. The van der Waals surface area contributed by atoms with Crippen molar-refractivity contribution in [2.45, 2.75) is 33.7 Å². The molecule has 1 atom stereocenters. The molecule has 29 heavy (non-hydrogen) atoms. The minimum Gasteiger partial charge on any atom is -0.484 e. The lowest BCUT2D eigenvalue weighted by atomic mass is 10.1. The molecule has 1 aromatic carbocycles. The molecule has 0 N–H and O–H groups in total. The Labute approximate surface area is 174 Å². The number of hydrogen-bond donors (Lipinski definition) is 0. The lowest BCUT2D eigenvalue weighted by Gasteiger charge is -2.17. The van der Waals surface area contributed by atoms with Crippen molar-refractivity contribution in [3.8, 4) is 5.75 Å². The summed E-state index contributed by atoms with van der Waals surface area (Å²) in [6.45, 7) is 8.09. The van der Waals surface area contributed by atoms with Crippen LogP contribution in [0.4, 0.5) is 0 Å². The van der Waals surface area contributed by atoms with Gasteiger partial charge in [-0.1, -0.05) is 11.6 Å². The van der Waals surface area contributed by atoms with Gasteiger partial charge in [0.15, 0.2) is 6.61 Å². The quantitative estimate of drug-likeness (QED) is 0.413. The highest BCUT2D eigenvalue weighted by atomic mass is 35.5. The van der Waals surface area contributed by atoms with Gasteiger partial charge in [0.2, 0.25) is 5.78 Å². The van der Waals surface area contributed by atoms with E-state index in [4.69, 9.17) is 25.5 Å². The van der Waals surface area contributed by atoms with E-state index in [0.29, 0.717) is 28.5 Å². The number of halogens is 1. The Kier molecular flexibility index (Phi) is 6.15. The summed E-state index contributed by atoms with van der Waals surface area (Å²) in [4.78, 5) is 24.4. The zero-order valence-corrected chi connectivity index (χ0v) is 17.9. The molecule has 3 aromatic rings. The second-order valence-corrected chi connectivity index (χ2v) is 7.61. The molecule has 2 heterocycles. The number of hydrogen-bond acceptors (Lipinski definition) is 5. The molecule has 154 valence electrons. The predicted octanol–water partition coefficient (Wildman–Crippen LogP) is 4.64. The zero-order valence-electron chi connectivity index (χ0n) is 17.2. The van der Waals surface area contributed by atoms with Gasteiger partial charge in [-0.15, -0.1) is 0 Å². The van der Waals surface area contributed by atoms with Crippen LogP contribution in [0.3, 0.4) is 0 Å². The molecular weight excluding hydrogens is 394 g/mol. The zero-order chi connectivity index (χ0) is 21.3. The van der Waals surface area contributed by atoms with Crippen LogP contribution in [0.2, 0.25) is 5.02 Å². The summed E-state index contributed by atoms with van der Waals surface area (Å²) in [6, 6.07) is 6.60. The van der Waals surface area contributed by atoms with Gasteiger partial charge >= 0.3 is 5.63 Å². The lowest BCUT2D eigenvalue weighted by molar-refractivity contribution is 0.0920. The minimum atomic E-state index is -0.447. The molecule has 0 spiro atoms. The van der Waals surface area contributed by atoms with Crippen molar-refractivity contribution in [1.82, 2.24) is 4.57 Å². The average Bonchev–Trinajstić information content (AvgIpc) is 2.95. The van der Waals surface area contributed by atoms with Gasteiger partial charge < -0.3 is 18.5 Å². The molecule has 0 unspecified atom stereocenters. The molecule has 0 radical (unpaired) electrons. The van der Waals surface area contributed by atoms with E-state index in [1.165, 1.54) is 6.07 Å². The predicted molar refractivity (Wildman–Crippen MR) is 113 cm³/mol. The molecule has 3 rings (SSSR count). The lowest BCUT2D eigenvalue weighted by Crippen LogP contribution is -2.16. The number of methoxy groups -OCH3 is 1. The number of carbonyl (C=O) groups excluding carboxylic acids is 1. The van der Waals surface area contributed by atoms with E-state index in [1.54, 1.807) is 26.2 Å². The fraction of sp³-hybridized carbons (Fsp3) is 0.364. The molecule has 0 aliphatic carbocycles. The normalized spacial score (nSPS) is 12.3. The van der Waals surface area contributed by atoms with Crippen molar-refractivity contribution >= 4 is 28.4 Å². The third kappa shape index (κ3) is 4.23. The van der Waals surface area contributed by atoms with Gasteiger partial charge in [0, 0.05) is 41.6 Å². The summed E-state index contributed by atoms with van der Waals surface area (Å²) in [5.41, 5.74) is 3.14. The first kappa shape index (κ1) is 21.1. The van der Waals surface area contributed by atoms with Crippen LogP contribution >= 0.6 is 11.6 Å². The molecular formula is C22H24ClNO5. The fourth-order valence-corrected chi connectivity index (χ4v) is 3.92. The van der Waals surface area contributed by atoms with Crippen molar-refractivity contribution in [3.63, 3.8) is 0 Å². The average molecular weight is 418 g/mol. The number of ether oxygens (including phenoxy) is 2. The van der Waals surface area contributed by atoms with Crippen LogP contribution in [0.5, 0.6) is 5.75 Å². The van der Waals surface area contributed by atoms with E-state index >= 15 is 0 Å². The van der Waals surface area contributed by atoms with E-state index in [0.717, 1.165) is 22.3 Å². The standard InChI is InChI=1S/C22H24ClNO5/c1-12-6-22(26)29-20-9-21(18(23)8-16(12)20)28-11-19(25)17-7-13(2)24(15(17)4)14(3)10-27-5/h6-9,14H,10-11H2,1-5H3/t14-/m1/s1. The van der Waals surface area contributed by atoms with E-state index in [2.05, 4.69) is 4.57 Å². The Bertz CT molecular complexity index is 1130. The van der Waals surface area contributed by atoms with Crippen molar-refractivity contribution in [1.29, 1.82) is 0 Å². The number of rotatable bonds is 7. The maximum absolute atomic E-state index is 12.8. The van der Waals surface area contributed by atoms with Gasteiger partial charge in [0.1, 0.15) is 11.3 Å². The smallest absolute Gasteiger partial charge is 0.336 e. The first-order valence-corrected chi connectivity index (χ1v) is 9.68. The molecule has 7 heteroatoms. The molecule has 0 saturated carbocycles. The Balaban J connectivity index is 1.83. The van der Waals surface area contributed by atoms with Gasteiger partial charge in [-0.2, -0.15) is 0 Å². The van der Waals surface area contributed by atoms with Crippen LogP contribution in [0.25, 0.3) is 11.0 Å². The number of Topliss-reactive ketones (excluding diaryl/α,β-unsaturated/α-hetero) is 1. The third-order valence-corrected chi connectivity index (χ3v) is 5.29. The maximum atomic E-state index is 12.8. The van der Waals surface area contributed by atoms with Gasteiger partial charge in [0.05, 0.1) is 17.7 Å². The van der Waals surface area contributed by atoms with Crippen LogP contribution < -0.4 is 10.4 Å². The summed E-state index contributed by atoms with van der Waals surface area (Å²) in [7, 11) is 1.65. The van der Waals surface area contributed by atoms with Crippen LogP contribution in [0.1, 0.15) is 40.3 Å². The Morgan fingerprint density at radius 3 is 2.62 bits per heavy atom. The number of aryl methyl sites for hydroxylation is 2. The molecule has 0 bridgehead atoms. The van der Waals surface area contributed by atoms with Gasteiger partial charge in [-0.05, 0) is 45.4 Å². The molecule has 0 aliphatic heterocycles. The second kappa shape index (κ2) is 8.43. The number of carbonyl (C=O) groups is 1. The van der Waals surface area contributed by atoms with E-state index in [1.807, 2.05) is 26.8 Å². The summed E-state index contributed by atoms with van der Waals surface area (Å²) in [5.74, 6) is 0.138. The Morgan fingerprint density at radius 1 is 1.21 bits per heavy atom. The summed E-state index contributed by atoms with van der Waals surface area (Å²) >= 11 is 6.31. The summed E-state index contributed by atoms with van der Waals surface area (Å²) in [6.07, 6.45) is 0. The number of nitrogens with zero attached hydrogens (tertiary/aromatic N) is 1. The van der Waals surface area contributed by atoms with E-state index in [9.17, 15) is 9.59 Å². The Morgan fingerprint density at radius 2 is 1.93 bits per heavy atom. The highest BCUT2D eigenvalue weighted by molar-refractivity contribution is 6.32. The largest absolute Gasteiger partial charge is 0.484 e. The molecule has 0 amide bonds. The van der Waals surface area contributed by atoms with E-state index < -0.39 is 5.63 Å². The molecule has 0 fully saturated rings. The van der Waals surface area contributed by atoms with Gasteiger partial charge in [-0.3, -0.25) is 4.79 Å². The number of ketones is 1. The first-order valence-electron chi connectivity index (χ1n) is 9.30. The van der Waals surface area contributed by atoms with E-state index in [-0.39, 0.29) is 18.4 Å². The fourth-order valence-electron chi connectivity index (χ4n) is 3.70. The van der Waals surface area contributed by atoms with Crippen LogP contribution in [-0.2, 0) is 4.74 Å². The highest BCUT2D eigenvalue weighted by Gasteiger charge is 2.20. The molecule has 6 nitrogen and oxygen atoms in total. The summed E-state index contributed by atoms with van der Waals surface area (Å²) < 4.78 is 18.2. The number of aromatic nitrogens is 1. The number of benzene rings is 1. The molecule has 0 aliphatic rings. The van der Waals surface area contributed by atoms with Crippen LogP contribution in [0, 0.1) is 20.8 Å². The Hall–Kier alpha value is -2.57. The van der Waals surface area contributed by atoms with Crippen LogP contribution in [-0.4, -0.2) is 30.7 Å². The van der Waals surface area contributed by atoms with Crippen molar-refractivity contribution in [2.75, 3.05) is 20.3 Å². The topological polar surface area (TPSA) is 70.7 Å². The van der Waals surface area contributed by atoms with Gasteiger partial charge in [-0.25, -0.2) is 4.79 Å². The van der Waals surface area contributed by atoms with Crippen LogP contribution in [0.15, 0.2) is 33.5 Å². The number of fused-ring (bicyclic) bond motifs is 1. The highest BCUT2D eigenvalue weighted by Crippen LogP contribution is 2.31. The van der Waals surface area contributed by atoms with Crippen molar-refractivity contribution in [3.05, 3.63) is 62.2 Å². The van der Waals surface area contributed by atoms with Crippen molar-refractivity contribution < 1.29 is 18.7 Å². The minimum absolute atomic E-state index is 0.114. The first-order chi connectivity index (χ1) is 13.7. The third-order valence-electron chi connectivity index (χ3n) is 5.00. The van der Waals surface area contributed by atoms with Gasteiger partial charge in [0.25, 0.3) is 0 Å². The second-order valence-electron chi connectivity index (χ2n) is 7.20. The molecule has 0 saturated heterocycles. The van der Waals surface area contributed by atoms with Crippen molar-refractivity contribution in [2.24, 2.45) is 0 Å².